The van der Waals surface area contributed by atoms with Gasteiger partial charge in [-0.25, -0.2) is 13.2 Å². The second kappa shape index (κ2) is 4.47. The van der Waals surface area contributed by atoms with Crippen LogP contribution in [-0.4, -0.2) is 6.29 Å². The van der Waals surface area contributed by atoms with Gasteiger partial charge in [0.05, 0.1) is 12.0 Å². The van der Waals surface area contributed by atoms with E-state index in [0.29, 0.717) is 12.4 Å². The first-order valence-electron chi connectivity index (χ1n) is 3.73. The Morgan fingerprint density at radius 1 is 1.21 bits per heavy atom. The second-order valence-electron chi connectivity index (χ2n) is 2.39. The Hall–Kier alpha value is -1.76. The number of benzene rings is 1. The van der Waals surface area contributed by atoms with Gasteiger partial charge in [-0.3, -0.25) is 0 Å². The lowest BCUT2D eigenvalue weighted by Gasteiger charge is -1.97. The molecule has 0 heterocycles. The molecular weight excluding hydrogens is 193 g/mol. The molecule has 0 N–H and O–H groups in total. The first-order chi connectivity index (χ1) is 6.66. The zero-order chi connectivity index (χ0) is 10.6. The van der Waals surface area contributed by atoms with E-state index in [9.17, 15) is 18.0 Å². The fourth-order valence-corrected chi connectivity index (χ4v) is 0.823. The van der Waals surface area contributed by atoms with Gasteiger partial charge in [-0.1, -0.05) is 11.8 Å². The number of hydrogen-bond donors (Lipinski definition) is 0. The van der Waals surface area contributed by atoms with Crippen LogP contribution in [0, 0.1) is 29.3 Å². The summed E-state index contributed by atoms with van der Waals surface area (Å²) >= 11 is 0. The third kappa shape index (κ3) is 2.13. The van der Waals surface area contributed by atoms with Gasteiger partial charge in [-0.05, 0) is 12.1 Å². The van der Waals surface area contributed by atoms with Crippen molar-refractivity contribution in [2.45, 2.75) is 6.42 Å². The maximum Gasteiger partial charge on any atom is 0.177 e. The smallest absolute Gasteiger partial charge is 0.177 e. The Kier molecular flexibility index (Phi) is 3.29. The lowest BCUT2D eigenvalue weighted by Crippen LogP contribution is -1.93. The molecule has 0 aliphatic carbocycles. The van der Waals surface area contributed by atoms with Crippen LogP contribution in [0.4, 0.5) is 13.2 Å². The standard InChI is InChI=1S/C10H5F3O/c11-8-4-5-9(12)10(13)7(8)3-1-2-6-14/h4-6H,2H2. The highest BCUT2D eigenvalue weighted by Crippen LogP contribution is 2.14. The molecule has 0 bridgehead atoms. The number of carbonyl (C=O) groups is 1. The van der Waals surface area contributed by atoms with E-state index in [1.54, 1.807) is 0 Å². The van der Waals surface area contributed by atoms with E-state index in [2.05, 4.69) is 11.8 Å². The molecule has 4 heteroatoms. The fraction of sp³-hybridized carbons (Fsp3) is 0.100. The predicted octanol–water partition coefficient (Wildman–Crippen LogP) is 2.04. The highest BCUT2D eigenvalue weighted by molar-refractivity contribution is 5.55. The third-order valence-corrected chi connectivity index (χ3v) is 1.44. The van der Waals surface area contributed by atoms with Gasteiger partial charge in [-0.15, -0.1) is 0 Å². The van der Waals surface area contributed by atoms with Crippen LogP contribution in [-0.2, 0) is 4.79 Å². The topological polar surface area (TPSA) is 17.1 Å². The lowest BCUT2D eigenvalue weighted by atomic mass is 10.2. The molecule has 1 aromatic rings. The maximum atomic E-state index is 12.9. The van der Waals surface area contributed by atoms with Gasteiger partial charge < -0.3 is 4.79 Å². The molecule has 0 aromatic heterocycles. The van der Waals surface area contributed by atoms with Crippen molar-refractivity contribution in [1.82, 2.24) is 0 Å². The molecule has 0 saturated carbocycles. The molecule has 1 aromatic carbocycles. The number of hydrogen-bond acceptors (Lipinski definition) is 1. The van der Waals surface area contributed by atoms with Crippen molar-refractivity contribution in [2.24, 2.45) is 0 Å². The van der Waals surface area contributed by atoms with Gasteiger partial charge in [0.15, 0.2) is 11.6 Å². The zero-order valence-corrected chi connectivity index (χ0v) is 6.98. The number of rotatable bonds is 1. The maximum absolute atomic E-state index is 12.9. The molecule has 0 fully saturated rings. The van der Waals surface area contributed by atoms with Crippen molar-refractivity contribution in [3.63, 3.8) is 0 Å². The molecule has 1 rings (SSSR count). The average molecular weight is 198 g/mol. The van der Waals surface area contributed by atoms with Crippen LogP contribution in [0.3, 0.4) is 0 Å². The van der Waals surface area contributed by atoms with E-state index in [-0.39, 0.29) is 6.42 Å². The highest BCUT2D eigenvalue weighted by Gasteiger charge is 2.10. The van der Waals surface area contributed by atoms with Crippen LogP contribution in [0.1, 0.15) is 12.0 Å². The van der Waals surface area contributed by atoms with Crippen molar-refractivity contribution < 1.29 is 18.0 Å². The summed E-state index contributed by atoms with van der Waals surface area (Å²) in [6, 6.07) is 1.46. The quantitative estimate of drug-likeness (QED) is 0.383. The molecule has 0 aliphatic rings. The van der Waals surface area contributed by atoms with Crippen LogP contribution in [0.25, 0.3) is 0 Å². The molecular formula is C10H5F3O. The minimum Gasteiger partial charge on any atom is -0.302 e. The molecule has 0 aliphatic heterocycles. The summed E-state index contributed by atoms with van der Waals surface area (Å²) < 4.78 is 38.3. The van der Waals surface area contributed by atoms with Crippen LogP contribution >= 0.6 is 0 Å². The summed E-state index contributed by atoms with van der Waals surface area (Å²) in [4.78, 5) is 9.87. The third-order valence-electron chi connectivity index (χ3n) is 1.44. The van der Waals surface area contributed by atoms with Crippen LogP contribution in [0.5, 0.6) is 0 Å². The van der Waals surface area contributed by atoms with E-state index in [4.69, 9.17) is 0 Å². The van der Waals surface area contributed by atoms with Gasteiger partial charge in [0.25, 0.3) is 0 Å². The summed E-state index contributed by atoms with van der Waals surface area (Å²) in [6.45, 7) is 0. The van der Waals surface area contributed by atoms with Gasteiger partial charge >= 0.3 is 0 Å². The molecule has 1 nitrogen and oxygen atoms in total. The molecule has 0 amide bonds. The van der Waals surface area contributed by atoms with Gasteiger partial charge in [0, 0.05) is 0 Å². The fourth-order valence-electron chi connectivity index (χ4n) is 0.823. The molecule has 0 atom stereocenters. The Morgan fingerprint density at radius 2 is 1.86 bits per heavy atom. The van der Waals surface area contributed by atoms with Gasteiger partial charge in [0.2, 0.25) is 0 Å². The Morgan fingerprint density at radius 3 is 2.50 bits per heavy atom. The number of aldehydes is 1. The van der Waals surface area contributed by atoms with E-state index in [0.717, 1.165) is 6.07 Å². The molecule has 14 heavy (non-hydrogen) atoms. The average Bonchev–Trinajstić information content (AvgIpc) is 2.18. The van der Waals surface area contributed by atoms with E-state index < -0.39 is 23.0 Å². The Bertz CT molecular complexity index is 415. The van der Waals surface area contributed by atoms with E-state index >= 15 is 0 Å². The van der Waals surface area contributed by atoms with Crippen LogP contribution in [0.2, 0.25) is 0 Å². The summed E-state index contributed by atoms with van der Waals surface area (Å²) in [7, 11) is 0. The summed E-state index contributed by atoms with van der Waals surface area (Å²) in [5.41, 5.74) is -0.646. The monoisotopic (exact) mass is 198 g/mol. The van der Waals surface area contributed by atoms with Crippen molar-refractivity contribution in [3.05, 3.63) is 35.1 Å². The second-order valence-corrected chi connectivity index (χ2v) is 2.39. The molecule has 72 valence electrons. The largest absolute Gasteiger partial charge is 0.302 e. The zero-order valence-electron chi connectivity index (χ0n) is 6.98. The first kappa shape index (κ1) is 10.3. The molecule has 0 spiro atoms. The summed E-state index contributed by atoms with van der Waals surface area (Å²) in [6.07, 6.45) is 0.345. The van der Waals surface area contributed by atoms with E-state index in [1.807, 2.05) is 0 Å². The molecule has 0 saturated heterocycles. The summed E-state index contributed by atoms with van der Waals surface area (Å²) in [5, 5.41) is 0. The Balaban J connectivity index is 3.14. The lowest BCUT2D eigenvalue weighted by molar-refractivity contribution is -0.107. The Labute approximate surface area is 78.5 Å². The number of carbonyl (C=O) groups excluding carboxylic acids is 1. The van der Waals surface area contributed by atoms with Gasteiger partial charge in [0.1, 0.15) is 12.1 Å². The first-order valence-corrected chi connectivity index (χ1v) is 3.73. The highest BCUT2D eigenvalue weighted by atomic mass is 19.2. The van der Waals surface area contributed by atoms with Crippen molar-refractivity contribution in [2.75, 3.05) is 0 Å². The normalized spacial score (nSPS) is 9.07. The SMILES string of the molecule is O=CCC#Cc1c(F)ccc(F)c1F. The van der Waals surface area contributed by atoms with Crippen molar-refractivity contribution in [1.29, 1.82) is 0 Å². The van der Waals surface area contributed by atoms with Gasteiger partial charge in [-0.2, -0.15) is 0 Å². The van der Waals surface area contributed by atoms with Crippen molar-refractivity contribution in [3.8, 4) is 11.8 Å². The predicted molar refractivity (Wildman–Crippen MR) is 43.9 cm³/mol. The van der Waals surface area contributed by atoms with Crippen LogP contribution < -0.4 is 0 Å². The molecule has 0 unspecified atom stereocenters. The number of halogens is 3. The summed E-state index contributed by atoms with van der Waals surface area (Å²) in [5.74, 6) is 0.810. The van der Waals surface area contributed by atoms with E-state index in [1.165, 1.54) is 0 Å². The van der Waals surface area contributed by atoms with Crippen LogP contribution in [0.15, 0.2) is 12.1 Å². The molecule has 0 radical (unpaired) electrons. The minimum atomic E-state index is -1.33. The van der Waals surface area contributed by atoms with Crippen molar-refractivity contribution >= 4 is 6.29 Å². The minimum absolute atomic E-state index is 0.143.